The van der Waals surface area contributed by atoms with E-state index in [1.807, 2.05) is 25.6 Å². The van der Waals surface area contributed by atoms with Gasteiger partial charge in [0, 0.05) is 36.8 Å². The summed E-state index contributed by atoms with van der Waals surface area (Å²) in [4.78, 5) is 14.2. The van der Waals surface area contributed by atoms with Gasteiger partial charge in [0.25, 0.3) is 0 Å². The van der Waals surface area contributed by atoms with Crippen LogP contribution >= 0.6 is 11.8 Å². The first-order valence-electron chi connectivity index (χ1n) is 7.92. The Kier molecular flexibility index (Phi) is 6.58. The summed E-state index contributed by atoms with van der Waals surface area (Å²) in [5, 5.41) is 12.6. The molecule has 2 rings (SSSR count). The molecule has 22 heavy (non-hydrogen) atoms. The number of aliphatic hydroxyl groups is 1. The SMILES string of the molecule is CC(C)C(O)CC(=O)NCc1ccc(N2CCSCC2)cc1. The fourth-order valence-corrected chi connectivity index (χ4v) is 3.25. The van der Waals surface area contributed by atoms with Gasteiger partial charge in [0.15, 0.2) is 0 Å². The van der Waals surface area contributed by atoms with Crippen molar-refractivity contribution in [3.63, 3.8) is 0 Å². The number of aliphatic hydroxyl groups excluding tert-OH is 1. The predicted molar refractivity (Wildman–Crippen MR) is 93.3 cm³/mol. The number of hydrogen-bond acceptors (Lipinski definition) is 4. The maximum absolute atomic E-state index is 11.8. The lowest BCUT2D eigenvalue weighted by Crippen LogP contribution is -2.32. The lowest BCUT2D eigenvalue weighted by Gasteiger charge is -2.28. The molecule has 1 fully saturated rings. The number of benzene rings is 1. The highest BCUT2D eigenvalue weighted by molar-refractivity contribution is 7.99. The number of rotatable bonds is 6. The van der Waals surface area contributed by atoms with Gasteiger partial charge in [0.1, 0.15) is 0 Å². The smallest absolute Gasteiger partial charge is 0.222 e. The molecule has 1 atom stereocenters. The van der Waals surface area contributed by atoms with Gasteiger partial charge >= 0.3 is 0 Å². The zero-order valence-corrected chi connectivity index (χ0v) is 14.2. The summed E-state index contributed by atoms with van der Waals surface area (Å²) in [6.45, 7) is 6.55. The van der Waals surface area contributed by atoms with Crippen LogP contribution in [0, 0.1) is 5.92 Å². The second-order valence-electron chi connectivity index (χ2n) is 6.06. The maximum Gasteiger partial charge on any atom is 0.222 e. The quantitative estimate of drug-likeness (QED) is 0.843. The van der Waals surface area contributed by atoms with Crippen LogP contribution in [0.1, 0.15) is 25.8 Å². The van der Waals surface area contributed by atoms with Crippen LogP contribution in [0.15, 0.2) is 24.3 Å². The Morgan fingerprint density at radius 1 is 1.27 bits per heavy atom. The summed E-state index contributed by atoms with van der Waals surface area (Å²) in [6, 6.07) is 8.38. The van der Waals surface area contributed by atoms with E-state index in [0.29, 0.717) is 6.54 Å². The summed E-state index contributed by atoms with van der Waals surface area (Å²) in [6.07, 6.45) is -0.402. The van der Waals surface area contributed by atoms with Crippen LogP contribution in [0.4, 0.5) is 5.69 Å². The van der Waals surface area contributed by atoms with Gasteiger partial charge in [-0.1, -0.05) is 26.0 Å². The monoisotopic (exact) mass is 322 g/mol. The number of amides is 1. The van der Waals surface area contributed by atoms with Crippen molar-refractivity contribution in [3.8, 4) is 0 Å². The molecule has 4 nitrogen and oxygen atoms in total. The molecule has 0 radical (unpaired) electrons. The van der Waals surface area contributed by atoms with Crippen molar-refractivity contribution in [2.75, 3.05) is 29.5 Å². The van der Waals surface area contributed by atoms with Crippen molar-refractivity contribution < 1.29 is 9.90 Å². The largest absolute Gasteiger partial charge is 0.392 e. The fourth-order valence-electron chi connectivity index (χ4n) is 2.34. The van der Waals surface area contributed by atoms with E-state index >= 15 is 0 Å². The Balaban J connectivity index is 1.80. The minimum atomic E-state index is -0.570. The van der Waals surface area contributed by atoms with Crippen LogP contribution in [0.3, 0.4) is 0 Å². The van der Waals surface area contributed by atoms with Crippen LogP contribution in [0.25, 0.3) is 0 Å². The lowest BCUT2D eigenvalue weighted by molar-refractivity contribution is -0.123. The number of carbonyl (C=O) groups excluding carboxylic acids is 1. The molecule has 1 aliphatic heterocycles. The summed E-state index contributed by atoms with van der Waals surface area (Å²) < 4.78 is 0. The van der Waals surface area contributed by atoms with Crippen molar-refractivity contribution in [2.45, 2.75) is 32.9 Å². The molecule has 0 saturated carbocycles. The molecule has 122 valence electrons. The van der Waals surface area contributed by atoms with Crippen molar-refractivity contribution in [2.24, 2.45) is 5.92 Å². The first kappa shape index (κ1) is 17.2. The van der Waals surface area contributed by atoms with Crippen molar-refractivity contribution >= 4 is 23.4 Å². The second-order valence-corrected chi connectivity index (χ2v) is 7.28. The highest BCUT2D eigenvalue weighted by atomic mass is 32.2. The number of nitrogens with one attached hydrogen (secondary N) is 1. The number of thioether (sulfide) groups is 1. The van der Waals surface area contributed by atoms with E-state index in [9.17, 15) is 9.90 Å². The van der Waals surface area contributed by atoms with Gasteiger partial charge in [-0.15, -0.1) is 0 Å². The Morgan fingerprint density at radius 2 is 1.91 bits per heavy atom. The van der Waals surface area contributed by atoms with E-state index in [4.69, 9.17) is 0 Å². The first-order chi connectivity index (χ1) is 10.6. The highest BCUT2D eigenvalue weighted by Crippen LogP contribution is 2.19. The fraction of sp³-hybridized carbons (Fsp3) is 0.588. The Hall–Kier alpha value is -1.20. The molecule has 1 unspecified atom stereocenters. The van der Waals surface area contributed by atoms with Crippen LogP contribution in [-0.2, 0) is 11.3 Å². The van der Waals surface area contributed by atoms with Crippen LogP contribution in [-0.4, -0.2) is 41.7 Å². The van der Waals surface area contributed by atoms with E-state index in [2.05, 4.69) is 34.5 Å². The topological polar surface area (TPSA) is 52.6 Å². The van der Waals surface area contributed by atoms with E-state index in [0.717, 1.165) is 18.7 Å². The van der Waals surface area contributed by atoms with Gasteiger partial charge < -0.3 is 15.3 Å². The molecule has 0 aromatic heterocycles. The lowest BCUT2D eigenvalue weighted by atomic mass is 10.0. The highest BCUT2D eigenvalue weighted by Gasteiger charge is 2.14. The number of hydrogen-bond donors (Lipinski definition) is 2. The number of nitrogens with zero attached hydrogens (tertiary/aromatic N) is 1. The molecule has 1 aliphatic rings. The molecule has 0 bridgehead atoms. The predicted octanol–water partition coefficient (Wildman–Crippen LogP) is 2.26. The van der Waals surface area contributed by atoms with Crippen molar-refractivity contribution in [1.82, 2.24) is 5.32 Å². The average molecular weight is 322 g/mol. The average Bonchev–Trinajstić information content (AvgIpc) is 2.54. The minimum Gasteiger partial charge on any atom is -0.392 e. The van der Waals surface area contributed by atoms with Gasteiger partial charge in [0.05, 0.1) is 12.5 Å². The molecule has 1 saturated heterocycles. The maximum atomic E-state index is 11.8. The molecule has 2 N–H and O–H groups in total. The molecule has 1 heterocycles. The van der Waals surface area contributed by atoms with E-state index < -0.39 is 6.10 Å². The molecular formula is C17H26N2O2S. The molecule has 1 aromatic rings. The molecule has 5 heteroatoms. The van der Waals surface area contributed by atoms with E-state index in [1.165, 1.54) is 17.2 Å². The Bertz CT molecular complexity index is 470. The first-order valence-corrected chi connectivity index (χ1v) is 9.08. The molecule has 1 aromatic carbocycles. The standard InChI is InChI=1S/C17H26N2O2S/c1-13(2)16(20)11-17(21)18-12-14-3-5-15(6-4-14)19-7-9-22-10-8-19/h3-6,13,16,20H,7-12H2,1-2H3,(H,18,21). The molecule has 1 amide bonds. The van der Waals surface area contributed by atoms with Gasteiger partial charge in [-0.2, -0.15) is 11.8 Å². The Morgan fingerprint density at radius 3 is 2.50 bits per heavy atom. The third kappa shape index (κ3) is 5.21. The van der Waals surface area contributed by atoms with Gasteiger partial charge in [-0.05, 0) is 23.6 Å². The van der Waals surface area contributed by atoms with E-state index in [1.54, 1.807) is 0 Å². The van der Waals surface area contributed by atoms with Crippen LogP contribution in [0.5, 0.6) is 0 Å². The van der Waals surface area contributed by atoms with Gasteiger partial charge in [0.2, 0.25) is 5.91 Å². The third-order valence-electron chi connectivity index (χ3n) is 3.97. The molecule has 0 aliphatic carbocycles. The van der Waals surface area contributed by atoms with Crippen molar-refractivity contribution in [3.05, 3.63) is 29.8 Å². The number of anilines is 1. The van der Waals surface area contributed by atoms with Crippen LogP contribution in [0.2, 0.25) is 0 Å². The Labute approximate surface area is 137 Å². The normalized spacial score (nSPS) is 16.6. The molecular weight excluding hydrogens is 296 g/mol. The van der Waals surface area contributed by atoms with Crippen LogP contribution < -0.4 is 10.2 Å². The number of carbonyl (C=O) groups is 1. The second kappa shape index (κ2) is 8.44. The third-order valence-corrected chi connectivity index (χ3v) is 4.91. The summed E-state index contributed by atoms with van der Waals surface area (Å²) in [7, 11) is 0. The minimum absolute atomic E-state index is 0.0988. The van der Waals surface area contributed by atoms with E-state index in [-0.39, 0.29) is 18.2 Å². The zero-order chi connectivity index (χ0) is 15.9. The zero-order valence-electron chi connectivity index (χ0n) is 13.4. The summed E-state index contributed by atoms with van der Waals surface area (Å²) >= 11 is 2.00. The molecule has 0 spiro atoms. The van der Waals surface area contributed by atoms with Gasteiger partial charge in [-0.25, -0.2) is 0 Å². The summed E-state index contributed by atoms with van der Waals surface area (Å²) in [5.41, 5.74) is 2.34. The van der Waals surface area contributed by atoms with Gasteiger partial charge in [-0.3, -0.25) is 4.79 Å². The van der Waals surface area contributed by atoms with Crippen molar-refractivity contribution in [1.29, 1.82) is 0 Å². The summed E-state index contributed by atoms with van der Waals surface area (Å²) in [5.74, 6) is 2.39.